The molecule has 0 heterocycles. The van der Waals surface area contributed by atoms with Crippen molar-refractivity contribution in [3.63, 3.8) is 0 Å². The van der Waals surface area contributed by atoms with E-state index in [1.165, 1.54) is 0 Å². The second-order valence-corrected chi connectivity index (χ2v) is 22.7. The van der Waals surface area contributed by atoms with Crippen LogP contribution in [0.25, 0.3) is 0 Å². The van der Waals surface area contributed by atoms with Gasteiger partial charge in [-0.05, 0) is 0 Å². The van der Waals surface area contributed by atoms with Gasteiger partial charge in [-0.2, -0.15) is 0 Å². The Morgan fingerprint density at radius 2 is 0.307 bits per heavy atom. The van der Waals surface area contributed by atoms with E-state index in [4.69, 9.17) is 10.2 Å². The lowest BCUT2D eigenvalue weighted by atomic mass is 10.1. The molecule has 25 N–H and O–H groups in total. The highest BCUT2D eigenvalue weighted by molar-refractivity contribution is 7.48. The van der Waals surface area contributed by atoms with E-state index in [0.717, 1.165) is 0 Å². The molecule has 0 saturated heterocycles. The Morgan fingerprint density at radius 3 is 0.400 bits per heavy atom. The van der Waals surface area contributed by atoms with Gasteiger partial charge in [0.25, 0.3) is 0 Å². The van der Waals surface area contributed by atoms with Crippen LogP contribution in [0.3, 0.4) is 0 Å². The van der Waals surface area contributed by atoms with Crippen LogP contribution >= 0.6 is 39.1 Å². The molecule has 40 nitrogen and oxygen atoms in total. The van der Waals surface area contributed by atoms with E-state index in [9.17, 15) is 139 Å². The lowest BCUT2D eigenvalue weighted by Crippen LogP contribution is -2.43. The average molecular weight is 1220 g/mol. The van der Waals surface area contributed by atoms with Crippen molar-refractivity contribution in [3.8, 4) is 0 Å². The number of rotatable bonds is 44. The van der Waals surface area contributed by atoms with Crippen LogP contribution in [0.2, 0.25) is 0 Å². The van der Waals surface area contributed by atoms with E-state index >= 15 is 0 Å². The fourth-order valence-corrected chi connectivity index (χ4v) is 8.42. The molecule has 452 valence electrons. The summed E-state index contributed by atoms with van der Waals surface area (Å²) in [6.45, 7) is -15.2. The summed E-state index contributed by atoms with van der Waals surface area (Å²) in [6.07, 6.45) is -39.9. The van der Waals surface area contributed by atoms with E-state index in [0.29, 0.717) is 0 Å². The van der Waals surface area contributed by atoms with Crippen molar-refractivity contribution in [2.75, 3.05) is 79.3 Å². The topological polar surface area (TPSA) is 683 Å². The van der Waals surface area contributed by atoms with Gasteiger partial charge in [0, 0.05) is 0 Å². The summed E-state index contributed by atoms with van der Waals surface area (Å²) in [6, 6.07) is 0. The summed E-state index contributed by atoms with van der Waals surface area (Å²) >= 11 is 0. The highest BCUT2D eigenvalue weighted by atomic mass is 31.2. The molecule has 0 aromatic heterocycles. The third kappa shape index (κ3) is 30.4. The Balaban J connectivity index is 4.83. The number of hydrogen-bond acceptors (Lipinski definition) is 35. The predicted molar refractivity (Wildman–Crippen MR) is 231 cm³/mol. The lowest BCUT2D eigenvalue weighted by molar-refractivity contribution is -0.101. The van der Waals surface area contributed by atoms with Crippen LogP contribution in [-0.4, -0.2) is 316 Å². The van der Waals surface area contributed by atoms with Crippen LogP contribution in [0.5, 0.6) is 0 Å². The van der Waals surface area contributed by atoms with Gasteiger partial charge in [-0.15, -0.1) is 0 Å². The van der Waals surface area contributed by atoms with Crippen molar-refractivity contribution >= 4 is 39.1 Å². The fraction of sp³-hybridized carbons (Fsp3) is 1.00. The normalized spacial score (nSPS) is 24.0. The fourth-order valence-electron chi connectivity index (χ4n) is 4.63. The molecule has 0 aliphatic heterocycles. The maximum Gasteiger partial charge on any atom is 0.472 e. The summed E-state index contributed by atoms with van der Waals surface area (Å²) in [5.41, 5.74) is 0. The summed E-state index contributed by atoms with van der Waals surface area (Å²) in [5.74, 6) is 0. The van der Waals surface area contributed by atoms with Gasteiger partial charge in [-0.1, -0.05) is 0 Å². The molecular weight excluding hydrogens is 1160 g/mol. The van der Waals surface area contributed by atoms with E-state index in [-0.39, 0.29) is 0 Å². The number of aliphatic hydroxyl groups is 20. The molecule has 0 fully saturated rings. The van der Waals surface area contributed by atoms with E-state index in [1.54, 1.807) is 0 Å². The Hall–Kier alpha value is -0.250. The third-order valence-electron chi connectivity index (χ3n) is 9.19. The minimum absolute atomic E-state index is 1.00. The zero-order valence-corrected chi connectivity index (χ0v) is 42.9. The van der Waals surface area contributed by atoms with Gasteiger partial charge in [0.1, 0.15) is 110 Å². The van der Waals surface area contributed by atoms with Gasteiger partial charge in [0.15, 0.2) is 0 Å². The van der Waals surface area contributed by atoms with Crippen molar-refractivity contribution < 1.29 is 195 Å². The minimum atomic E-state index is -5.39. The molecule has 75 heavy (non-hydrogen) atoms. The van der Waals surface area contributed by atoms with E-state index in [2.05, 4.69) is 45.2 Å². The molecule has 0 spiro atoms. The van der Waals surface area contributed by atoms with Crippen molar-refractivity contribution in [3.05, 3.63) is 0 Å². The lowest BCUT2D eigenvalue weighted by Gasteiger charge is -2.26. The molecular formula is C30H67O40P5. The van der Waals surface area contributed by atoms with Crippen molar-refractivity contribution in [1.82, 2.24) is 0 Å². The Bertz CT molecular complexity index is 1700. The van der Waals surface area contributed by atoms with Crippen LogP contribution in [0.1, 0.15) is 0 Å². The van der Waals surface area contributed by atoms with Gasteiger partial charge in [-0.25, -0.2) is 22.8 Å². The van der Waals surface area contributed by atoms with Gasteiger partial charge < -0.3 is 127 Å². The zero-order chi connectivity index (χ0) is 58.4. The molecule has 0 aliphatic carbocycles. The van der Waals surface area contributed by atoms with Crippen LogP contribution in [0.4, 0.5) is 0 Å². The SMILES string of the molecule is O=P(O)(OC[C@@H](O)[C@@H](O)[C@@H](O)COP(=O)(O)OC[C@@H](O)[C@@H](O)[C@@H](O)COP(=O)(O)OC[C@@H](O)[C@@H](O)[C@@H](O)COP(=O)(O)OC[C@@H](O)[C@@H](O)[C@@H](O)COP(=O)(O)OC[C@@H](O)[C@@H](O)[C@@H](O)CO)OC[C@H](O)[C@H](O)[C@H](O)CO. The largest absolute Gasteiger partial charge is 0.472 e. The van der Waals surface area contributed by atoms with Crippen molar-refractivity contribution in [1.29, 1.82) is 0 Å². The predicted octanol–water partition coefficient (Wildman–Crippen LogP) is -11.9. The maximum absolute atomic E-state index is 12.2. The maximum atomic E-state index is 12.2. The Kier molecular flexibility index (Phi) is 34.8. The molecule has 0 aromatic carbocycles. The first kappa shape index (κ1) is 74.8. The van der Waals surface area contributed by atoms with Gasteiger partial charge in [-0.3, -0.25) is 45.2 Å². The first-order valence-electron chi connectivity index (χ1n) is 20.8. The quantitative estimate of drug-likeness (QED) is 0.0252. The molecule has 23 atom stereocenters. The van der Waals surface area contributed by atoms with Crippen LogP contribution < -0.4 is 0 Å². The van der Waals surface area contributed by atoms with Crippen LogP contribution in [0.15, 0.2) is 0 Å². The number of phosphoric ester groups is 5. The van der Waals surface area contributed by atoms with Gasteiger partial charge >= 0.3 is 39.1 Å². The number of phosphoric acid groups is 5. The monoisotopic (exact) mass is 1220 g/mol. The van der Waals surface area contributed by atoms with Gasteiger partial charge in [0.2, 0.25) is 0 Å². The highest BCUT2D eigenvalue weighted by Gasteiger charge is 2.38. The highest BCUT2D eigenvalue weighted by Crippen LogP contribution is 2.47. The Labute approximate surface area is 422 Å². The van der Waals surface area contributed by atoms with E-state index < -0.39 is 228 Å². The third-order valence-corrected chi connectivity index (χ3v) is 13.9. The second-order valence-electron chi connectivity index (χ2n) is 15.4. The number of aliphatic hydroxyl groups excluding tert-OH is 20. The molecule has 0 bridgehead atoms. The zero-order valence-electron chi connectivity index (χ0n) is 38.4. The molecule has 0 amide bonds. The minimum Gasteiger partial charge on any atom is -0.394 e. The molecule has 0 rings (SSSR count). The summed E-state index contributed by atoms with van der Waals surface area (Å²) in [5, 5.41) is 195. The second kappa shape index (κ2) is 34.9. The summed E-state index contributed by atoms with van der Waals surface area (Å²) < 4.78 is 104. The standard InChI is InChI=1S/C30H67O40P5/c31-1-13(33)25(45)15(35)3-61-71(51,52)63-5-17(37)27(47)19(39)7-65-73(55,56)67-9-21(41)29(49)23(43)11-69-75(59,60)70-12-24(44)30(50)22(42)10-68-74(57,58)66-8-20(40)28(48)18(38)6-64-72(53,54)62-4-16(36)26(46)14(34)2-32/h13-50H,1-12H2,(H,51,52)(H,53,54)(H,55,56)(H,57,58)(H,59,60)/t13-,14+,15+,16-,17-,18+,19+,20-,21-,22+,23+,24-,25-,26+,27-,28+,29-,30+. The van der Waals surface area contributed by atoms with Gasteiger partial charge in [0.05, 0.1) is 79.3 Å². The molecule has 0 aromatic rings. The van der Waals surface area contributed by atoms with E-state index in [1.807, 2.05) is 0 Å². The molecule has 0 aliphatic rings. The van der Waals surface area contributed by atoms with Crippen LogP contribution in [0, 0.1) is 0 Å². The molecule has 0 saturated carbocycles. The first-order valence-corrected chi connectivity index (χ1v) is 28.3. The smallest absolute Gasteiger partial charge is 0.394 e. The summed E-state index contributed by atoms with van der Waals surface area (Å²) in [7, 11) is -26.4. The molecule has 45 heteroatoms. The van der Waals surface area contributed by atoms with Crippen molar-refractivity contribution in [2.24, 2.45) is 0 Å². The van der Waals surface area contributed by atoms with Crippen molar-refractivity contribution in [2.45, 2.75) is 110 Å². The number of hydrogen-bond donors (Lipinski definition) is 25. The summed E-state index contributed by atoms with van der Waals surface area (Å²) in [4.78, 5) is 48.7. The Morgan fingerprint density at radius 1 is 0.213 bits per heavy atom. The molecule has 5 unspecified atom stereocenters. The van der Waals surface area contributed by atoms with Crippen LogP contribution in [-0.2, 0) is 68.1 Å². The first-order chi connectivity index (χ1) is 34.2. The average Bonchev–Trinajstić information content (AvgIpc) is 3.36. The molecule has 0 radical (unpaired) electrons.